The number of carbonyl (C=O) groups is 2. The van der Waals surface area contributed by atoms with Gasteiger partial charge in [0.2, 0.25) is 5.91 Å². The predicted molar refractivity (Wildman–Crippen MR) is 138 cm³/mol. The van der Waals surface area contributed by atoms with E-state index in [4.69, 9.17) is 4.74 Å². The minimum absolute atomic E-state index is 0.0485. The van der Waals surface area contributed by atoms with E-state index in [1.165, 1.54) is 16.8 Å². The van der Waals surface area contributed by atoms with Crippen LogP contribution in [0.5, 0.6) is 5.75 Å². The third-order valence-electron chi connectivity index (χ3n) is 6.46. The average Bonchev–Trinajstić information content (AvgIpc) is 2.86. The molecule has 1 fully saturated rings. The van der Waals surface area contributed by atoms with Gasteiger partial charge in [-0.2, -0.15) is 0 Å². The molecule has 7 nitrogen and oxygen atoms in total. The van der Waals surface area contributed by atoms with E-state index in [9.17, 15) is 9.59 Å². The molecule has 3 aromatic rings. The van der Waals surface area contributed by atoms with Gasteiger partial charge in [0, 0.05) is 44.1 Å². The van der Waals surface area contributed by atoms with E-state index in [1.54, 1.807) is 12.1 Å². The molecule has 0 bridgehead atoms. The molecule has 0 aromatic heterocycles. The van der Waals surface area contributed by atoms with Crippen molar-refractivity contribution >= 4 is 28.9 Å². The molecule has 3 aromatic carbocycles. The number of hydrogen-bond acceptors (Lipinski definition) is 5. The lowest BCUT2D eigenvalue weighted by Gasteiger charge is -2.36. The Labute approximate surface area is 205 Å². The van der Waals surface area contributed by atoms with Crippen molar-refractivity contribution in [3.05, 3.63) is 83.9 Å². The number of nitrogens with zero attached hydrogens (tertiary/aromatic N) is 2. The second kappa shape index (κ2) is 10.2. The summed E-state index contributed by atoms with van der Waals surface area (Å²) in [5, 5.41) is 5.66. The Morgan fingerprint density at radius 3 is 2.54 bits per heavy atom. The molecule has 1 saturated heterocycles. The molecule has 0 radical (unpaired) electrons. The number of ether oxygens (including phenoxy) is 1. The zero-order valence-corrected chi connectivity index (χ0v) is 19.9. The molecule has 180 valence electrons. The van der Waals surface area contributed by atoms with Crippen molar-refractivity contribution in [1.29, 1.82) is 0 Å². The Kier molecular flexibility index (Phi) is 6.68. The van der Waals surface area contributed by atoms with Crippen molar-refractivity contribution in [2.45, 2.75) is 26.0 Å². The summed E-state index contributed by atoms with van der Waals surface area (Å²) in [6, 6.07) is 23.8. The lowest BCUT2D eigenvalue weighted by atomic mass is 10.1. The number of aryl methyl sites for hydroxylation is 1. The standard InChI is InChI=1S/C28H30N4O3/c1-20-5-4-6-23(17-20)32-15-13-31(14-16-32)19-21-9-11-22(12-10-21)29-27(33)18-26-28(34)30-24-7-2-3-8-25(24)35-26/h2-12,17,26H,13-16,18-19H2,1H3,(H,29,33)(H,30,34)/t26-/m1/s1. The van der Waals surface area contributed by atoms with Gasteiger partial charge in [0.15, 0.2) is 6.10 Å². The van der Waals surface area contributed by atoms with Gasteiger partial charge in [0.05, 0.1) is 12.1 Å². The molecule has 2 amide bonds. The molecule has 1 atom stereocenters. The average molecular weight is 471 g/mol. The van der Waals surface area contributed by atoms with Crippen molar-refractivity contribution < 1.29 is 14.3 Å². The van der Waals surface area contributed by atoms with Gasteiger partial charge in [0.25, 0.3) is 5.91 Å². The highest BCUT2D eigenvalue weighted by atomic mass is 16.5. The third-order valence-corrected chi connectivity index (χ3v) is 6.46. The van der Waals surface area contributed by atoms with E-state index in [0.29, 0.717) is 17.1 Å². The monoisotopic (exact) mass is 470 g/mol. The number of anilines is 3. The van der Waals surface area contributed by atoms with Gasteiger partial charge in [-0.15, -0.1) is 0 Å². The number of fused-ring (bicyclic) bond motifs is 1. The number of hydrogen-bond donors (Lipinski definition) is 2. The molecule has 2 aliphatic rings. The summed E-state index contributed by atoms with van der Waals surface area (Å²) in [5.74, 6) is 0.00946. The molecule has 5 rings (SSSR count). The van der Waals surface area contributed by atoms with Crippen LogP contribution >= 0.6 is 0 Å². The Morgan fingerprint density at radius 1 is 1.00 bits per heavy atom. The van der Waals surface area contributed by atoms with Crippen LogP contribution in [0.2, 0.25) is 0 Å². The number of para-hydroxylation sites is 2. The van der Waals surface area contributed by atoms with E-state index in [-0.39, 0.29) is 18.2 Å². The van der Waals surface area contributed by atoms with Gasteiger partial charge in [-0.1, -0.05) is 36.4 Å². The Hall–Kier alpha value is -3.84. The zero-order valence-electron chi connectivity index (χ0n) is 19.9. The highest BCUT2D eigenvalue weighted by Crippen LogP contribution is 2.29. The van der Waals surface area contributed by atoms with E-state index >= 15 is 0 Å². The zero-order chi connectivity index (χ0) is 24.2. The first-order valence-electron chi connectivity index (χ1n) is 12.0. The first-order chi connectivity index (χ1) is 17.0. The minimum atomic E-state index is -0.845. The fraction of sp³-hybridized carbons (Fsp3) is 0.286. The molecule has 7 heteroatoms. The van der Waals surface area contributed by atoms with Crippen LogP contribution in [0.15, 0.2) is 72.8 Å². The highest BCUT2D eigenvalue weighted by molar-refractivity contribution is 6.01. The quantitative estimate of drug-likeness (QED) is 0.569. The number of rotatable bonds is 6. The number of nitrogens with one attached hydrogen (secondary N) is 2. The number of amides is 2. The van der Waals surface area contributed by atoms with Gasteiger partial charge in [-0.25, -0.2) is 0 Å². The Morgan fingerprint density at radius 2 is 1.77 bits per heavy atom. The van der Waals surface area contributed by atoms with Crippen molar-refractivity contribution in [3.63, 3.8) is 0 Å². The predicted octanol–water partition coefficient (Wildman–Crippen LogP) is 4.05. The summed E-state index contributed by atoms with van der Waals surface area (Å²) >= 11 is 0. The van der Waals surface area contributed by atoms with Crippen molar-refractivity contribution in [2.24, 2.45) is 0 Å². The smallest absolute Gasteiger partial charge is 0.266 e. The summed E-state index contributed by atoms with van der Waals surface area (Å²) in [5.41, 5.74) is 5.13. The second-order valence-electron chi connectivity index (χ2n) is 9.14. The van der Waals surface area contributed by atoms with Crippen LogP contribution in [-0.4, -0.2) is 49.0 Å². The van der Waals surface area contributed by atoms with E-state index in [2.05, 4.69) is 51.6 Å². The maximum absolute atomic E-state index is 12.5. The molecule has 2 N–H and O–H groups in total. The summed E-state index contributed by atoms with van der Waals surface area (Å²) in [6.45, 7) is 7.06. The molecule has 0 unspecified atom stereocenters. The van der Waals surface area contributed by atoms with Crippen molar-refractivity contribution in [1.82, 2.24) is 4.90 Å². The van der Waals surface area contributed by atoms with Crippen LogP contribution in [0.1, 0.15) is 17.5 Å². The highest BCUT2D eigenvalue weighted by Gasteiger charge is 2.29. The molecule has 0 spiro atoms. The first-order valence-corrected chi connectivity index (χ1v) is 12.0. The topological polar surface area (TPSA) is 73.9 Å². The summed E-state index contributed by atoms with van der Waals surface area (Å²) < 4.78 is 5.72. The third kappa shape index (κ3) is 5.63. The molecule has 0 aliphatic carbocycles. The van der Waals surface area contributed by atoms with Crippen LogP contribution in [0.3, 0.4) is 0 Å². The lowest BCUT2D eigenvalue weighted by molar-refractivity contribution is -0.128. The largest absolute Gasteiger partial charge is 0.478 e. The van der Waals surface area contributed by atoms with Gasteiger partial charge in [-0.3, -0.25) is 14.5 Å². The van der Waals surface area contributed by atoms with E-state index < -0.39 is 6.10 Å². The minimum Gasteiger partial charge on any atom is -0.478 e. The first kappa shape index (κ1) is 22.9. The Balaban J connectivity index is 1.10. The van der Waals surface area contributed by atoms with Crippen LogP contribution in [0.4, 0.5) is 17.1 Å². The van der Waals surface area contributed by atoms with Crippen LogP contribution < -0.4 is 20.3 Å². The van der Waals surface area contributed by atoms with Gasteiger partial charge in [-0.05, 0) is 54.4 Å². The molecular weight excluding hydrogens is 440 g/mol. The maximum Gasteiger partial charge on any atom is 0.266 e. The molecule has 0 saturated carbocycles. The Bertz CT molecular complexity index is 1200. The fourth-order valence-corrected chi connectivity index (χ4v) is 4.55. The molecule has 2 heterocycles. The van der Waals surface area contributed by atoms with Crippen molar-refractivity contribution in [2.75, 3.05) is 41.7 Å². The van der Waals surface area contributed by atoms with Crippen LogP contribution in [0, 0.1) is 6.92 Å². The molecular formula is C28H30N4O3. The SMILES string of the molecule is Cc1cccc(N2CCN(Cc3ccc(NC(=O)C[C@H]4Oc5ccccc5NC4=O)cc3)CC2)c1. The second-order valence-corrected chi connectivity index (χ2v) is 9.14. The van der Waals surface area contributed by atoms with E-state index in [1.807, 2.05) is 36.4 Å². The summed E-state index contributed by atoms with van der Waals surface area (Å²) in [7, 11) is 0. The number of piperazine rings is 1. The maximum atomic E-state index is 12.5. The van der Waals surface area contributed by atoms with Gasteiger partial charge < -0.3 is 20.3 Å². The molecule has 2 aliphatic heterocycles. The van der Waals surface area contributed by atoms with Crippen LogP contribution in [-0.2, 0) is 16.1 Å². The molecule has 35 heavy (non-hydrogen) atoms. The van der Waals surface area contributed by atoms with Gasteiger partial charge in [0.1, 0.15) is 5.75 Å². The normalized spacial score (nSPS) is 17.8. The van der Waals surface area contributed by atoms with E-state index in [0.717, 1.165) is 32.7 Å². The summed E-state index contributed by atoms with van der Waals surface area (Å²) in [6.07, 6.45) is -0.893. The van der Waals surface area contributed by atoms with Crippen LogP contribution in [0.25, 0.3) is 0 Å². The lowest BCUT2D eigenvalue weighted by Crippen LogP contribution is -2.45. The fourth-order valence-electron chi connectivity index (χ4n) is 4.55. The van der Waals surface area contributed by atoms with Crippen molar-refractivity contribution in [3.8, 4) is 5.75 Å². The summed E-state index contributed by atoms with van der Waals surface area (Å²) in [4.78, 5) is 29.7. The number of carbonyl (C=O) groups excluding carboxylic acids is 2. The van der Waals surface area contributed by atoms with Gasteiger partial charge >= 0.3 is 0 Å². The number of benzene rings is 3.